The lowest BCUT2D eigenvalue weighted by molar-refractivity contribution is -0.120. The van der Waals surface area contributed by atoms with E-state index in [9.17, 15) is 4.79 Å². The van der Waals surface area contributed by atoms with E-state index in [4.69, 9.17) is 0 Å². The van der Waals surface area contributed by atoms with Crippen LogP contribution < -0.4 is 16.0 Å². The summed E-state index contributed by atoms with van der Waals surface area (Å²) in [6.45, 7) is 5.42. The number of guanidine groups is 1. The van der Waals surface area contributed by atoms with Crippen LogP contribution in [0.4, 0.5) is 0 Å². The summed E-state index contributed by atoms with van der Waals surface area (Å²) in [7, 11) is 1.73. The first-order valence-corrected chi connectivity index (χ1v) is 7.46. The molecule has 0 heterocycles. The molecule has 0 bridgehead atoms. The van der Waals surface area contributed by atoms with Crippen molar-refractivity contribution in [2.45, 2.75) is 32.7 Å². The molecule has 1 aromatic rings. The van der Waals surface area contributed by atoms with Gasteiger partial charge in [-0.15, -0.1) is 0 Å². The van der Waals surface area contributed by atoms with Gasteiger partial charge in [-0.3, -0.25) is 9.79 Å². The van der Waals surface area contributed by atoms with Gasteiger partial charge in [0.2, 0.25) is 5.91 Å². The van der Waals surface area contributed by atoms with Gasteiger partial charge in [-0.25, -0.2) is 0 Å². The van der Waals surface area contributed by atoms with Gasteiger partial charge in [0.1, 0.15) is 0 Å². The van der Waals surface area contributed by atoms with E-state index in [2.05, 4.69) is 40.0 Å². The number of hydrogen-bond acceptors (Lipinski definition) is 2. The number of carbonyl (C=O) groups excluding carboxylic acids is 1. The van der Waals surface area contributed by atoms with Crippen molar-refractivity contribution in [3.8, 4) is 0 Å². The maximum Gasteiger partial charge on any atom is 0.221 e. The molecule has 0 aliphatic heterocycles. The van der Waals surface area contributed by atoms with Crippen molar-refractivity contribution >= 4 is 11.9 Å². The van der Waals surface area contributed by atoms with E-state index >= 15 is 0 Å². The molecule has 1 atom stereocenters. The third kappa shape index (κ3) is 6.79. The van der Waals surface area contributed by atoms with Gasteiger partial charge >= 0.3 is 0 Å². The molecular weight excluding hydrogens is 264 g/mol. The van der Waals surface area contributed by atoms with Crippen LogP contribution in [0.2, 0.25) is 0 Å². The van der Waals surface area contributed by atoms with Crippen LogP contribution >= 0.6 is 0 Å². The number of carbonyl (C=O) groups is 1. The van der Waals surface area contributed by atoms with E-state index in [1.54, 1.807) is 7.05 Å². The Labute approximate surface area is 127 Å². The molecule has 1 aromatic carbocycles. The highest BCUT2D eigenvalue weighted by Gasteiger charge is 2.07. The average molecular weight is 290 g/mol. The Morgan fingerprint density at radius 1 is 1.19 bits per heavy atom. The summed E-state index contributed by atoms with van der Waals surface area (Å²) in [5, 5.41) is 9.31. The largest absolute Gasteiger partial charge is 0.356 e. The molecule has 0 aliphatic rings. The zero-order chi connectivity index (χ0) is 15.5. The third-order valence-electron chi connectivity index (χ3n) is 3.09. The molecule has 0 radical (unpaired) electrons. The first-order chi connectivity index (χ1) is 10.2. The SMILES string of the molecule is CCCNC(=O)CCNC(=NC)NC(C)c1ccccc1. The molecule has 1 unspecified atom stereocenters. The van der Waals surface area contributed by atoms with Crippen molar-refractivity contribution in [1.29, 1.82) is 0 Å². The maximum atomic E-state index is 11.5. The average Bonchev–Trinajstić information content (AvgIpc) is 2.52. The Hall–Kier alpha value is -2.04. The molecule has 21 heavy (non-hydrogen) atoms. The Bertz CT molecular complexity index is 445. The first-order valence-electron chi connectivity index (χ1n) is 7.46. The summed E-state index contributed by atoms with van der Waals surface area (Å²) < 4.78 is 0. The Morgan fingerprint density at radius 2 is 1.90 bits per heavy atom. The molecule has 0 aliphatic carbocycles. The van der Waals surface area contributed by atoms with Gasteiger partial charge in [-0.05, 0) is 18.9 Å². The predicted octanol–water partition coefficient (Wildman–Crippen LogP) is 1.83. The third-order valence-corrected chi connectivity index (χ3v) is 3.09. The Balaban J connectivity index is 2.34. The summed E-state index contributed by atoms with van der Waals surface area (Å²) >= 11 is 0. The molecule has 5 heteroatoms. The molecule has 1 amide bonds. The van der Waals surface area contributed by atoms with Crippen LogP contribution in [0.25, 0.3) is 0 Å². The van der Waals surface area contributed by atoms with E-state index in [-0.39, 0.29) is 11.9 Å². The quantitative estimate of drug-likeness (QED) is 0.530. The van der Waals surface area contributed by atoms with Crippen LogP contribution in [0.3, 0.4) is 0 Å². The van der Waals surface area contributed by atoms with Gasteiger partial charge < -0.3 is 16.0 Å². The Kier molecular flexibility index (Phi) is 7.94. The number of benzene rings is 1. The fourth-order valence-electron chi connectivity index (χ4n) is 1.87. The molecular formula is C16H26N4O. The zero-order valence-corrected chi connectivity index (χ0v) is 13.1. The lowest BCUT2D eigenvalue weighted by Crippen LogP contribution is -2.40. The van der Waals surface area contributed by atoms with Gasteiger partial charge in [0.25, 0.3) is 0 Å². The number of nitrogens with one attached hydrogen (secondary N) is 3. The molecule has 1 rings (SSSR count). The van der Waals surface area contributed by atoms with Crippen molar-refractivity contribution < 1.29 is 4.79 Å². The van der Waals surface area contributed by atoms with E-state index in [1.807, 2.05) is 25.1 Å². The van der Waals surface area contributed by atoms with Crippen LogP contribution in [0.1, 0.15) is 38.3 Å². The highest BCUT2D eigenvalue weighted by atomic mass is 16.1. The van der Waals surface area contributed by atoms with E-state index in [0.29, 0.717) is 18.9 Å². The molecule has 3 N–H and O–H groups in total. The number of aliphatic imine (C=N–C) groups is 1. The molecule has 0 saturated carbocycles. The van der Waals surface area contributed by atoms with Crippen molar-refractivity contribution in [3.63, 3.8) is 0 Å². The van der Waals surface area contributed by atoms with Crippen molar-refractivity contribution in [3.05, 3.63) is 35.9 Å². The highest BCUT2D eigenvalue weighted by Crippen LogP contribution is 2.10. The maximum absolute atomic E-state index is 11.5. The lowest BCUT2D eigenvalue weighted by Gasteiger charge is -2.18. The van der Waals surface area contributed by atoms with Gasteiger partial charge in [0, 0.05) is 26.6 Å². The monoisotopic (exact) mass is 290 g/mol. The van der Waals surface area contributed by atoms with Crippen molar-refractivity contribution in [2.75, 3.05) is 20.1 Å². The minimum atomic E-state index is 0.0657. The smallest absolute Gasteiger partial charge is 0.221 e. The fourth-order valence-corrected chi connectivity index (χ4v) is 1.87. The van der Waals surface area contributed by atoms with E-state index < -0.39 is 0 Å². The summed E-state index contributed by atoms with van der Waals surface area (Å²) in [6, 6.07) is 10.3. The van der Waals surface area contributed by atoms with E-state index in [0.717, 1.165) is 13.0 Å². The summed E-state index contributed by atoms with van der Waals surface area (Å²) in [4.78, 5) is 15.7. The van der Waals surface area contributed by atoms with Gasteiger partial charge in [0.05, 0.1) is 6.04 Å². The minimum Gasteiger partial charge on any atom is -0.356 e. The van der Waals surface area contributed by atoms with Crippen molar-refractivity contribution in [2.24, 2.45) is 4.99 Å². The van der Waals surface area contributed by atoms with Crippen LogP contribution in [0, 0.1) is 0 Å². The normalized spacial score (nSPS) is 12.6. The molecule has 5 nitrogen and oxygen atoms in total. The highest BCUT2D eigenvalue weighted by molar-refractivity contribution is 5.81. The van der Waals surface area contributed by atoms with Crippen LogP contribution in [-0.2, 0) is 4.79 Å². The minimum absolute atomic E-state index is 0.0657. The summed E-state index contributed by atoms with van der Waals surface area (Å²) in [5.74, 6) is 0.769. The van der Waals surface area contributed by atoms with E-state index in [1.165, 1.54) is 5.56 Å². The standard InChI is InChI=1S/C16H26N4O/c1-4-11-18-15(21)10-12-19-16(17-3)20-13(2)14-8-6-5-7-9-14/h5-9,13H,4,10-12H2,1-3H3,(H,18,21)(H2,17,19,20). The van der Waals surface area contributed by atoms with Gasteiger partial charge in [-0.1, -0.05) is 37.3 Å². The van der Waals surface area contributed by atoms with Gasteiger partial charge in [-0.2, -0.15) is 0 Å². The number of rotatable bonds is 7. The molecule has 0 saturated heterocycles. The van der Waals surface area contributed by atoms with Crippen LogP contribution in [0.5, 0.6) is 0 Å². The Morgan fingerprint density at radius 3 is 2.52 bits per heavy atom. The summed E-state index contributed by atoms with van der Waals surface area (Å²) in [6.07, 6.45) is 1.40. The zero-order valence-electron chi connectivity index (χ0n) is 13.1. The number of hydrogen-bond donors (Lipinski definition) is 3. The molecule has 116 valence electrons. The fraction of sp³-hybridized carbons (Fsp3) is 0.500. The molecule has 0 spiro atoms. The van der Waals surface area contributed by atoms with Crippen molar-refractivity contribution in [1.82, 2.24) is 16.0 Å². The second-order valence-corrected chi connectivity index (χ2v) is 4.88. The lowest BCUT2D eigenvalue weighted by atomic mass is 10.1. The summed E-state index contributed by atoms with van der Waals surface area (Å²) in [5.41, 5.74) is 1.20. The number of nitrogens with zero attached hydrogens (tertiary/aromatic N) is 1. The van der Waals surface area contributed by atoms with Gasteiger partial charge in [0.15, 0.2) is 5.96 Å². The second-order valence-electron chi connectivity index (χ2n) is 4.88. The first kappa shape index (κ1) is 17.0. The topological polar surface area (TPSA) is 65.5 Å². The van der Waals surface area contributed by atoms with Crippen LogP contribution in [0.15, 0.2) is 35.3 Å². The van der Waals surface area contributed by atoms with Crippen LogP contribution in [-0.4, -0.2) is 32.0 Å². The second kappa shape index (κ2) is 9.80. The molecule has 0 aromatic heterocycles. The molecule has 0 fully saturated rings. The predicted molar refractivity (Wildman–Crippen MR) is 87.3 cm³/mol. The number of amides is 1.